The molecule has 0 aliphatic carbocycles. The van der Waals surface area contributed by atoms with E-state index in [1.165, 1.54) is 7.11 Å². The Balaban J connectivity index is 2.41. The van der Waals surface area contributed by atoms with Crippen LogP contribution in [0.3, 0.4) is 0 Å². The molecule has 0 fully saturated rings. The molecule has 2 aromatic rings. The molecule has 0 bridgehead atoms. The van der Waals surface area contributed by atoms with Crippen LogP contribution < -0.4 is 14.8 Å². The topological polar surface area (TPSA) is 101 Å². The molecule has 2 aromatic carbocycles. The highest BCUT2D eigenvalue weighted by Crippen LogP contribution is 2.32. The molecule has 2 rings (SSSR count). The molecule has 0 aliphatic heterocycles. The summed E-state index contributed by atoms with van der Waals surface area (Å²) in [6, 6.07) is 13.0. The van der Waals surface area contributed by atoms with Gasteiger partial charge < -0.3 is 24.6 Å². The zero-order valence-electron chi connectivity index (χ0n) is 15.3. The maximum atomic E-state index is 12.5. The molecule has 1 atom stereocenters. The second kappa shape index (κ2) is 10.0. The highest BCUT2D eigenvalue weighted by atomic mass is 16.5. The Morgan fingerprint density at radius 1 is 1.22 bits per heavy atom. The van der Waals surface area contributed by atoms with Gasteiger partial charge in [-0.1, -0.05) is 0 Å². The van der Waals surface area contributed by atoms with E-state index in [2.05, 4.69) is 5.32 Å². The summed E-state index contributed by atoms with van der Waals surface area (Å²) in [4.78, 5) is 12.5. The number of aliphatic hydroxyl groups is 1. The van der Waals surface area contributed by atoms with Crippen molar-refractivity contribution in [1.82, 2.24) is 0 Å². The molecule has 0 aliphatic rings. The van der Waals surface area contributed by atoms with Gasteiger partial charge in [0.1, 0.15) is 18.1 Å². The van der Waals surface area contributed by atoms with Crippen molar-refractivity contribution in [1.29, 1.82) is 5.26 Å². The summed E-state index contributed by atoms with van der Waals surface area (Å²) >= 11 is 0. The average molecular weight is 370 g/mol. The molecule has 0 spiro atoms. The number of aliphatic hydroxyl groups excluding tert-OH is 1. The van der Waals surface area contributed by atoms with Gasteiger partial charge in [0.15, 0.2) is 6.04 Å². The average Bonchev–Trinajstić information content (AvgIpc) is 2.71. The number of hydrogen-bond donors (Lipinski definition) is 2. The summed E-state index contributed by atoms with van der Waals surface area (Å²) in [5, 5.41) is 21.1. The van der Waals surface area contributed by atoms with E-state index in [0.29, 0.717) is 34.9 Å². The summed E-state index contributed by atoms with van der Waals surface area (Å²) in [5.41, 5.74) is 1.67. The Bertz CT molecular complexity index is 799. The lowest BCUT2D eigenvalue weighted by Gasteiger charge is -2.21. The van der Waals surface area contributed by atoms with Crippen molar-refractivity contribution in [3.8, 4) is 17.6 Å². The van der Waals surface area contributed by atoms with Crippen LogP contribution in [0.2, 0.25) is 0 Å². The number of esters is 1. The van der Waals surface area contributed by atoms with Crippen molar-refractivity contribution in [3.05, 3.63) is 53.6 Å². The van der Waals surface area contributed by atoms with Gasteiger partial charge >= 0.3 is 5.97 Å². The van der Waals surface area contributed by atoms with Crippen molar-refractivity contribution in [2.24, 2.45) is 0 Å². The van der Waals surface area contributed by atoms with Crippen LogP contribution in [0, 0.1) is 11.3 Å². The molecule has 0 heterocycles. The molecule has 0 radical (unpaired) electrons. The van der Waals surface area contributed by atoms with E-state index in [4.69, 9.17) is 24.6 Å². The highest BCUT2D eigenvalue weighted by molar-refractivity contribution is 5.82. The van der Waals surface area contributed by atoms with Crippen LogP contribution in [0.5, 0.6) is 11.5 Å². The molecule has 1 unspecified atom stereocenters. The van der Waals surface area contributed by atoms with Gasteiger partial charge in [0.2, 0.25) is 0 Å². The predicted octanol–water partition coefficient (Wildman–Crippen LogP) is 2.65. The largest absolute Gasteiger partial charge is 0.494 e. The molecule has 0 amide bonds. The van der Waals surface area contributed by atoms with Gasteiger partial charge in [0.05, 0.1) is 32.0 Å². The van der Waals surface area contributed by atoms with Crippen LogP contribution in [-0.4, -0.2) is 38.0 Å². The Morgan fingerprint density at radius 2 is 1.96 bits per heavy atom. The number of methoxy groups -OCH3 is 1. The number of carbonyl (C=O) groups is 1. The summed E-state index contributed by atoms with van der Waals surface area (Å²) in [7, 11) is 1.30. The van der Waals surface area contributed by atoms with E-state index in [1.54, 1.807) is 42.5 Å². The predicted molar refractivity (Wildman–Crippen MR) is 99.7 cm³/mol. The molecule has 27 heavy (non-hydrogen) atoms. The number of anilines is 1. The Hall–Kier alpha value is -3.24. The third-order valence-electron chi connectivity index (χ3n) is 3.71. The van der Waals surface area contributed by atoms with E-state index in [9.17, 15) is 4.79 Å². The summed E-state index contributed by atoms with van der Waals surface area (Å²) in [6.45, 7) is 2.27. The Labute approximate surface area is 158 Å². The van der Waals surface area contributed by atoms with Gasteiger partial charge in [-0.25, -0.2) is 4.79 Å². The maximum Gasteiger partial charge on any atom is 0.333 e. The van der Waals surface area contributed by atoms with E-state index in [1.807, 2.05) is 13.0 Å². The summed E-state index contributed by atoms with van der Waals surface area (Å²) in [6.07, 6.45) is 0. The highest BCUT2D eigenvalue weighted by Gasteiger charge is 2.26. The van der Waals surface area contributed by atoms with Gasteiger partial charge in [-0.3, -0.25) is 0 Å². The Morgan fingerprint density at radius 3 is 2.56 bits per heavy atom. The second-order valence-electron chi connectivity index (χ2n) is 5.49. The lowest BCUT2D eigenvalue weighted by molar-refractivity contribution is -0.141. The first kappa shape index (κ1) is 20.1. The third kappa shape index (κ3) is 5.36. The van der Waals surface area contributed by atoms with Crippen LogP contribution >= 0.6 is 0 Å². The zero-order chi connectivity index (χ0) is 19.6. The molecule has 2 N–H and O–H groups in total. The fourth-order valence-electron chi connectivity index (χ4n) is 2.48. The molecule has 7 nitrogen and oxygen atoms in total. The Kier molecular flexibility index (Phi) is 7.47. The SMILES string of the molecule is CCOc1ccc(OCCO)c(C(Nc2ccc(C#N)cc2)C(=O)OC)c1. The van der Waals surface area contributed by atoms with Crippen LogP contribution in [0.4, 0.5) is 5.69 Å². The number of nitrogens with zero attached hydrogens (tertiary/aromatic N) is 1. The van der Waals surface area contributed by atoms with Crippen LogP contribution in [0.1, 0.15) is 24.1 Å². The minimum atomic E-state index is -0.864. The van der Waals surface area contributed by atoms with Gasteiger partial charge in [0.25, 0.3) is 0 Å². The number of nitrogens with one attached hydrogen (secondary N) is 1. The molecular weight excluding hydrogens is 348 g/mol. The van der Waals surface area contributed by atoms with E-state index in [-0.39, 0.29) is 13.2 Å². The second-order valence-corrected chi connectivity index (χ2v) is 5.49. The van der Waals surface area contributed by atoms with Crippen molar-refractivity contribution in [2.45, 2.75) is 13.0 Å². The van der Waals surface area contributed by atoms with Crippen molar-refractivity contribution in [3.63, 3.8) is 0 Å². The first-order chi connectivity index (χ1) is 13.1. The maximum absolute atomic E-state index is 12.5. The number of carbonyl (C=O) groups excluding carboxylic acids is 1. The summed E-state index contributed by atoms with van der Waals surface area (Å²) in [5.74, 6) is 0.505. The van der Waals surface area contributed by atoms with Crippen LogP contribution in [0.15, 0.2) is 42.5 Å². The van der Waals surface area contributed by atoms with Crippen molar-refractivity contribution < 1.29 is 24.1 Å². The van der Waals surface area contributed by atoms with Crippen LogP contribution in [0.25, 0.3) is 0 Å². The zero-order valence-corrected chi connectivity index (χ0v) is 15.3. The van der Waals surface area contributed by atoms with Crippen LogP contribution in [-0.2, 0) is 9.53 Å². The monoisotopic (exact) mass is 370 g/mol. The van der Waals surface area contributed by atoms with Crippen molar-refractivity contribution in [2.75, 3.05) is 32.2 Å². The van der Waals surface area contributed by atoms with E-state index < -0.39 is 12.0 Å². The summed E-state index contributed by atoms with van der Waals surface area (Å²) < 4.78 is 16.0. The molecule has 142 valence electrons. The lowest BCUT2D eigenvalue weighted by Crippen LogP contribution is -2.23. The first-order valence-electron chi connectivity index (χ1n) is 8.47. The van der Waals surface area contributed by atoms with E-state index >= 15 is 0 Å². The molecule has 0 saturated heterocycles. The fraction of sp³-hybridized carbons (Fsp3) is 0.300. The molecule has 7 heteroatoms. The number of ether oxygens (including phenoxy) is 3. The number of hydrogen-bond acceptors (Lipinski definition) is 7. The molecule has 0 saturated carbocycles. The number of benzene rings is 2. The minimum Gasteiger partial charge on any atom is -0.494 e. The number of rotatable bonds is 9. The standard InChI is InChI=1S/C20H22N2O5/c1-3-26-16-8-9-18(27-11-10-23)17(12-16)19(20(24)25-2)22-15-6-4-14(13-21)5-7-15/h4-9,12,19,22-23H,3,10-11H2,1-2H3. The van der Waals surface area contributed by atoms with Gasteiger partial charge in [-0.15, -0.1) is 0 Å². The minimum absolute atomic E-state index is 0.0890. The quantitative estimate of drug-likeness (QED) is 0.654. The van der Waals surface area contributed by atoms with Gasteiger partial charge in [-0.2, -0.15) is 5.26 Å². The normalized spacial score (nSPS) is 11.2. The third-order valence-corrected chi connectivity index (χ3v) is 3.71. The van der Waals surface area contributed by atoms with Gasteiger partial charge in [-0.05, 0) is 49.4 Å². The smallest absolute Gasteiger partial charge is 0.333 e. The molecule has 0 aromatic heterocycles. The van der Waals surface area contributed by atoms with E-state index in [0.717, 1.165) is 0 Å². The van der Waals surface area contributed by atoms with Gasteiger partial charge in [0, 0.05) is 11.3 Å². The van der Waals surface area contributed by atoms with Crippen molar-refractivity contribution >= 4 is 11.7 Å². The fourth-order valence-corrected chi connectivity index (χ4v) is 2.48. The first-order valence-corrected chi connectivity index (χ1v) is 8.47. The lowest BCUT2D eigenvalue weighted by atomic mass is 10.0. The molecular formula is C20H22N2O5. The number of nitriles is 1.